The first kappa shape index (κ1) is 19.5. The number of aliphatic imine (C=N–C) groups is 1. The van der Waals surface area contributed by atoms with Gasteiger partial charge in [0.05, 0.1) is 5.92 Å². The zero-order valence-corrected chi connectivity index (χ0v) is 17.3. The number of dihydropyridines is 1. The lowest BCUT2D eigenvalue weighted by Crippen LogP contribution is -2.41. The number of Topliss-reactive ketones (excluding diaryl/α,β-unsaturated/α-hetero) is 2. The van der Waals surface area contributed by atoms with Gasteiger partial charge in [0.25, 0.3) is 0 Å². The Morgan fingerprint density at radius 3 is 2.55 bits per heavy atom. The van der Waals surface area contributed by atoms with E-state index >= 15 is 0 Å². The van der Waals surface area contributed by atoms with Crippen molar-refractivity contribution in [2.24, 2.45) is 10.9 Å². The molecule has 150 valence electrons. The van der Waals surface area contributed by atoms with E-state index in [1.807, 2.05) is 44.4 Å². The second kappa shape index (κ2) is 7.19. The van der Waals surface area contributed by atoms with Crippen LogP contribution in [0, 0.1) is 5.92 Å². The van der Waals surface area contributed by atoms with Crippen LogP contribution in [-0.2, 0) is 4.79 Å². The summed E-state index contributed by atoms with van der Waals surface area (Å²) in [6.07, 6.45) is 3.20. The highest BCUT2D eigenvalue weighted by atomic mass is 16.1. The molecule has 4 rings (SSSR count). The molecule has 1 aromatic heterocycles. The summed E-state index contributed by atoms with van der Waals surface area (Å²) in [4.78, 5) is 41.2. The molecule has 2 aliphatic rings. The smallest absolute Gasteiger partial charge is 0.188 e. The van der Waals surface area contributed by atoms with Gasteiger partial charge in [0.15, 0.2) is 11.6 Å². The highest BCUT2D eigenvalue weighted by molar-refractivity contribution is 6.30. The van der Waals surface area contributed by atoms with Gasteiger partial charge < -0.3 is 9.88 Å². The van der Waals surface area contributed by atoms with Gasteiger partial charge in [-0.05, 0) is 47.3 Å². The van der Waals surface area contributed by atoms with Crippen LogP contribution in [0.25, 0.3) is 17.0 Å². The number of benzene rings is 1. The van der Waals surface area contributed by atoms with E-state index in [0.29, 0.717) is 34.8 Å². The van der Waals surface area contributed by atoms with Crippen LogP contribution in [0.5, 0.6) is 0 Å². The molecule has 6 nitrogen and oxygen atoms in total. The van der Waals surface area contributed by atoms with Crippen molar-refractivity contribution in [1.82, 2.24) is 14.9 Å². The maximum atomic E-state index is 13.4. The number of hydrogen-bond acceptors (Lipinski definition) is 5. The molecule has 0 bridgehead atoms. The molecule has 2 heterocycles. The highest BCUT2D eigenvalue weighted by Crippen LogP contribution is 2.41. The van der Waals surface area contributed by atoms with Crippen molar-refractivity contribution in [3.05, 3.63) is 47.3 Å². The Labute approximate surface area is 170 Å². The van der Waals surface area contributed by atoms with Crippen LogP contribution >= 0.6 is 0 Å². The molecule has 29 heavy (non-hydrogen) atoms. The maximum absolute atomic E-state index is 13.4. The van der Waals surface area contributed by atoms with Crippen LogP contribution in [0.2, 0.25) is 0 Å². The van der Waals surface area contributed by atoms with E-state index in [1.54, 1.807) is 20.1 Å². The third kappa shape index (κ3) is 3.38. The summed E-state index contributed by atoms with van der Waals surface area (Å²) in [6, 6.07) is 9.69. The van der Waals surface area contributed by atoms with Crippen LogP contribution in [0.1, 0.15) is 42.9 Å². The van der Waals surface area contributed by atoms with E-state index < -0.39 is 11.5 Å². The molecule has 0 spiro atoms. The van der Waals surface area contributed by atoms with Crippen molar-refractivity contribution >= 4 is 23.4 Å². The number of carbonyl (C=O) groups is 2. The van der Waals surface area contributed by atoms with Crippen LogP contribution in [-0.4, -0.2) is 58.8 Å². The average molecular weight is 390 g/mol. The average Bonchev–Trinajstić information content (AvgIpc) is 3.13. The third-order valence-electron chi connectivity index (χ3n) is 5.62. The summed E-state index contributed by atoms with van der Waals surface area (Å²) in [5, 5.41) is 0. The lowest BCUT2D eigenvalue weighted by atomic mass is 9.73. The molecule has 0 saturated carbocycles. The monoisotopic (exact) mass is 390 g/mol. The second-order valence-electron chi connectivity index (χ2n) is 8.51. The van der Waals surface area contributed by atoms with Crippen LogP contribution in [0.3, 0.4) is 0 Å². The fraction of sp³-hybridized carbons (Fsp3) is 0.391. The number of aromatic amines is 1. The maximum Gasteiger partial charge on any atom is 0.188 e. The molecule has 1 N–H and O–H groups in total. The molecule has 0 amide bonds. The fourth-order valence-electron chi connectivity index (χ4n) is 4.01. The third-order valence-corrected chi connectivity index (χ3v) is 5.62. The minimum atomic E-state index is -0.852. The molecule has 0 saturated heterocycles. The zero-order chi connectivity index (χ0) is 20.8. The predicted octanol–water partition coefficient (Wildman–Crippen LogP) is 3.42. The van der Waals surface area contributed by atoms with Crippen molar-refractivity contribution in [2.45, 2.75) is 32.2 Å². The van der Waals surface area contributed by atoms with Gasteiger partial charge in [-0.2, -0.15) is 0 Å². The Morgan fingerprint density at radius 2 is 1.86 bits per heavy atom. The first-order valence-corrected chi connectivity index (χ1v) is 9.98. The Kier molecular flexibility index (Phi) is 4.82. The van der Waals surface area contributed by atoms with Crippen LogP contribution in [0.15, 0.2) is 40.9 Å². The molecule has 0 fully saturated rings. The lowest BCUT2D eigenvalue weighted by molar-refractivity contribution is -0.119. The van der Waals surface area contributed by atoms with Crippen molar-refractivity contribution in [3.63, 3.8) is 0 Å². The second-order valence-corrected chi connectivity index (χ2v) is 8.51. The summed E-state index contributed by atoms with van der Waals surface area (Å²) in [7, 11) is 4.02. The van der Waals surface area contributed by atoms with Gasteiger partial charge in [-0.1, -0.05) is 30.3 Å². The molecule has 1 aliphatic carbocycles. The largest absolute Gasteiger partial charge is 0.335 e. The van der Waals surface area contributed by atoms with Crippen molar-refractivity contribution in [3.8, 4) is 11.4 Å². The number of ketones is 2. The normalized spacial score (nSPS) is 20.2. The number of carbonyl (C=O) groups excluding carboxylic acids is 2. The Bertz CT molecular complexity index is 1030. The van der Waals surface area contributed by atoms with Gasteiger partial charge in [0, 0.05) is 22.9 Å². The molecule has 0 radical (unpaired) electrons. The number of imidazole rings is 1. The summed E-state index contributed by atoms with van der Waals surface area (Å²) in [5.41, 5.74) is 2.34. The van der Waals surface area contributed by atoms with Crippen molar-refractivity contribution in [2.75, 3.05) is 20.6 Å². The molecule has 1 aliphatic heterocycles. The molecule has 6 heteroatoms. The van der Waals surface area contributed by atoms with E-state index in [2.05, 4.69) is 14.9 Å². The highest BCUT2D eigenvalue weighted by Gasteiger charge is 2.45. The number of rotatable bonds is 5. The number of allylic oxidation sites excluding steroid dienone is 1. The van der Waals surface area contributed by atoms with Crippen molar-refractivity contribution < 1.29 is 9.59 Å². The zero-order valence-electron chi connectivity index (χ0n) is 17.3. The standard InChI is InChI=1S/C23H26N4O2/c1-23(2)21(29)17-15(11-8-12-27(3)4)20(28)19-18(16(17)13-24-23)25-22(26-19)14-9-6-5-7-10-14/h5-7,9-10,13,15H,8,11-12H2,1-4H3,(H,25,26). The minimum Gasteiger partial charge on any atom is -0.335 e. The van der Waals surface area contributed by atoms with Gasteiger partial charge in [-0.15, -0.1) is 0 Å². The van der Waals surface area contributed by atoms with E-state index in [0.717, 1.165) is 18.5 Å². The number of H-pyrrole nitrogens is 1. The van der Waals surface area contributed by atoms with Gasteiger partial charge in [-0.25, -0.2) is 4.98 Å². The van der Waals surface area contributed by atoms with Crippen LogP contribution < -0.4 is 0 Å². The SMILES string of the molecule is CN(C)CCCC1C(=O)c2[nH]c(-c3ccccc3)nc2C2=C1C(=O)C(C)(C)N=C2. The number of fused-ring (bicyclic) bond motifs is 2. The first-order chi connectivity index (χ1) is 13.8. The molecule has 1 atom stereocenters. The quantitative estimate of drug-likeness (QED) is 0.849. The molecule has 1 unspecified atom stereocenters. The Balaban J connectivity index is 1.81. The fourth-order valence-corrected chi connectivity index (χ4v) is 4.01. The Morgan fingerprint density at radius 1 is 1.14 bits per heavy atom. The van der Waals surface area contributed by atoms with Gasteiger partial charge in [0.1, 0.15) is 22.8 Å². The number of aromatic nitrogens is 2. The summed E-state index contributed by atoms with van der Waals surface area (Å²) in [5.74, 6) is 0.0511. The Hall–Kier alpha value is -2.86. The molecular formula is C23H26N4O2. The van der Waals surface area contributed by atoms with Crippen LogP contribution in [0.4, 0.5) is 0 Å². The number of hydrogen-bond donors (Lipinski definition) is 1. The van der Waals surface area contributed by atoms with Crippen molar-refractivity contribution in [1.29, 1.82) is 0 Å². The topological polar surface area (TPSA) is 78.4 Å². The van der Waals surface area contributed by atoms with E-state index in [9.17, 15) is 9.59 Å². The first-order valence-electron chi connectivity index (χ1n) is 9.98. The van der Waals surface area contributed by atoms with E-state index in [4.69, 9.17) is 4.98 Å². The number of nitrogens with zero attached hydrogens (tertiary/aromatic N) is 3. The lowest BCUT2D eigenvalue weighted by Gasteiger charge is -2.32. The van der Waals surface area contributed by atoms with Gasteiger partial charge in [0.2, 0.25) is 0 Å². The van der Waals surface area contributed by atoms with E-state index in [-0.39, 0.29) is 11.6 Å². The summed E-state index contributed by atoms with van der Waals surface area (Å²) >= 11 is 0. The molecular weight excluding hydrogens is 364 g/mol. The van der Waals surface area contributed by atoms with Gasteiger partial charge in [-0.3, -0.25) is 14.6 Å². The minimum absolute atomic E-state index is 0.0494. The molecule has 1 aromatic carbocycles. The van der Waals surface area contributed by atoms with Gasteiger partial charge >= 0.3 is 0 Å². The van der Waals surface area contributed by atoms with E-state index in [1.165, 1.54) is 0 Å². The summed E-state index contributed by atoms with van der Waals surface area (Å²) < 4.78 is 0. The predicted molar refractivity (Wildman–Crippen MR) is 114 cm³/mol. The molecule has 2 aromatic rings. The summed E-state index contributed by atoms with van der Waals surface area (Å²) in [6.45, 7) is 4.46. The number of nitrogens with one attached hydrogen (secondary N) is 1.